The van der Waals surface area contributed by atoms with E-state index in [0.29, 0.717) is 11.5 Å². The van der Waals surface area contributed by atoms with Crippen LogP contribution < -0.4 is 10.6 Å². The molecule has 4 heterocycles. The molecule has 4 rings (SSSR count). The summed E-state index contributed by atoms with van der Waals surface area (Å²) in [5, 5.41) is 150. The number of thiocarbonyl (C=S) groups is 1. The number of rotatable bonds is 19. The van der Waals surface area contributed by atoms with E-state index in [4.69, 9.17) is 50.1 Å². The molecule has 26 heteroatoms. The van der Waals surface area contributed by atoms with E-state index in [1.807, 2.05) is 0 Å². The Hall–Kier alpha value is -0.840. The Bertz CT molecular complexity index is 1170. The molecule has 0 aromatic rings. The fourth-order valence-corrected chi connectivity index (χ4v) is 8.10. The molecular weight excluding hydrogens is 840 g/mol. The van der Waals surface area contributed by atoms with Crippen molar-refractivity contribution in [3.8, 4) is 0 Å². The highest BCUT2D eigenvalue weighted by atomic mass is 32.2. The molecule has 16 N–H and O–H groups in total. The largest absolute Gasteiger partial charge is 0.394 e. The second-order valence-corrected chi connectivity index (χ2v) is 16.4. The summed E-state index contributed by atoms with van der Waals surface area (Å²) < 4.78 is 45.0. The summed E-state index contributed by atoms with van der Waals surface area (Å²) in [5.41, 5.74) is -1.88. The van der Waals surface area contributed by atoms with Gasteiger partial charge in [-0.2, -0.15) is 11.8 Å². The molecular formula is C33H60N2O22S2. The van der Waals surface area contributed by atoms with Crippen molar-refractivity contribution in [1.29, 1.82) is 0 Å². The Balaban J connectivity index is 1.55. The molecule has 4 aliphatic heterocycles. The highest BCUT2D eigenvalue weighted by molar-refractivity contribution is 7.99. The minimum atomic E-state index is -1.88. The number of hydrogen-bond donors (Lipinski definition) is 16. The lowest BCUT2D eigenvalue weighted by Gasteiger charge is -2.45. The van der Waals surface area contributed by atoms with Gasteiger partial charge in [0.25, 0.3) is 0 Å². The zero-order valence-corrected chi connectivity index (χ0v) is 33.9. The monoisotopic (exact) mass is 900 g/mol. The molecule has 4 fully saturated rings. The van der Waals surface area contributed by atoms with Crippen molar-refractivity contribution in [3.63, 3.8) is 0 Å². The molecule has 0 saturated carbocycles. The van der Waals surface area contributed by atoms with Gasteiger partial charge in [0, 0.05) is 31.1 Å². The van der Waals surface area contributed by atoms with Gasteiger partial charge in [-0.3, -0.25) is 0 Å². The van der Waals surface area contributed by atoms with Gasteiger partial charge in [0.15, 0.2) is 30.3 Å². The molecule has 59 heavy (non-hydrogen) atoms. The van der Waals surface area contributed by atoms with Crippen molar-refractivity contribution in [2.45, 2.75) is 129 Å². The van der Waals surface area contributed by atoms with Gasteiger partial charge in [-0.1, -0.05) is 6.92 Å². The smallest absolute Gasteiger partial charge is 0.186 e. The fraction of sp³-hybridized carbons (Fsp3) is 0.970. The van der Waals surface area contributed by atoms with Crippen LogP contribution in [0.25, 0.3) is 0 Å². The molecule has 0 aliphatic carbocycles. The molecule has 0 bridgehead atoms. The summed E-state index contributed by atoms with van der Waals surface area (Å²) in [7, 11) is 1.34. The number of nitrogens with one attached hydrogen (secondary N) is 2. The van der Waals surface area contributed by atoms with Gasteiger partial charge in [0.1, 0.15) is 84.9 Å². The second kappa shape index (κ2) is 23.2. The lowest BCUT2D eigenvalue weighted by atomic mass is 9.91. The molecule has 346 valence electrons. The minimum absolute atomic E-state index is 0.113. The highest BCUT2D eigenvalue weighted by Gasteiger charge is 2.50. The van der Waals surface area contributed by atoms with Gasteiger partial charge < -0.3 is 120 Å². The Kier molecular flexibility index (Phi) is 20.0. The highest BCUT2D eigenvalue weighted by Crippen LogP contribution is 2.30. The van der Waals surface area contributed by atoms with Crippen molar-refractivity contribution < 1.29 is 109 Å². The van der Waals surface area contributed by atoms with Crippen LogP contribution in [-0.2, 0) is 37.9 Å². The number of aliphatic hydroxyl groups excluding tert-OH is 14. The molecule has 0 aromatic carbocycles. The number of methoxy groups -OCH3 is 1. The zero-order chi connectivity index (χ0) is 43.8. The van der Waals surface area contributed by atoms with Gasteiger partial charge in [-0.25, -0.2) is 0 Å². The Morgan fingerprint density at radius 3 is 1.31 bits per heavy atom. The van der Waals surface area contributed by atoms with E-state index >= 15 is 0 Å². The van der Waals surface area contributed by atoms with Crippen LogP contribution in [0.3, 0.4) is 0 Å². The van der Waals surface area contributed by atoms with Crippen molar-refractivity contribution in [3.05, 3.63) is 0 Å². The van der Waals surface area contributed by atoms with E-state index in [0.717, 1.165) is 0 Å². The first kappa shape index (κ1) is 50.8. The van der Waals surface area contributed by atoms with Gasteiger partial charge in [-0.15, -0.1) is 0 Å². The third kappa shape index (κ3) is 12.5. The SMILES string of the molecule is CO[C@@H]1OC(CSCCNC(=S)NC(CO[C@@H]2OC(CO)[C@H](O)[C@H](O)C2O)(CO[C@@H]2OC(CO)[C@H](O)[C@H](O)C2O)CO[C@@H]2OC(CO)[C@H](O)[C@H](O)C2O)C(C)C(O)C1O. The van der Waals surface area contributed by atoms with Gasteiger partial charge in [-0.05, 0) is 12.2 Å². The summed E-state index contributed by atoms with van der Waals surface area (Å²) in [6.45, 7) is -2.55. The third-order valence-corrected chi connectivity index (χ3v) is 11.9. The van der Waals surface area contributed by atoms with Gasteiger partial charge in [0.2, 0.25) is 0 Å². The standard InChI is InChI=1S/C33H60N2O22S2/c1-12-16(57-28(50-2)24(46)17(12)39)8-59-4-3-34-32(58)35-33(9-51-29-25(47)21(43)18(40)13(5-36)54-29,10-52-30-26(48)22(44)19(41)14(6-37)55-30)11-53-31-27(49)23(45)20(42)15(7-38)56-31/h12-31,36-49H,3-11H2,1-2H3,(H2,34,35,58)/t12?,13?,14?,15?,16?,17?,18-,19-,20-,21-,22-,23-,24?,25?,26?,27?,28+,29+,30+,31+,33?/m0/s1. The van der Waals surface area contributed by atoms with E-state index in [1.54, 1.807) is 6.92 Å². The van der Waals surface area contributed by atoms with Crippen molar-refractivity contribution in [2.75, 3.05) is 64.8 Å². The third-order valence-electron chi connectivity index (χ3n) is 10.6. The van der Waals surface area contributed by atoms with Crippen LogP contribution in [0.15, 0.2) is 0 Å². The van der Waals surface area contributed by atoms with Crippen molar-refractivity contribution in [1.82, 2.24) is 10.6 Å². The van der Waals surface area contributed by atoms with E-state index in [-0.39, 0.29) is 11.7 Å². The van der Waals surface area contributed by atoms with E-state index in [9.17, 15) is 71.5 Å². The number of aliphatic hydroxyl groups is 14. The minimum Gasteiger partial charge on any atom is -0.394 e. The summed E-state index contributed by atoms with van der Waals surface area (Å²) >= 11 is 7.00. The lowest BCUT2D eigenvalue weighted by Crippen LogP contribution is -2.66. The number of thioether (sulfide) groups is 1. The van der Waals surface area contributed by atoms with Crippen LogP contribution in [0, 0.1) is 5.92 Å². The van der Waals surface area contributed by atoms with Crippen molar-refractivity contribution in [2.24, 2.45) is 5.92 Å². The molecule has 0 spiro atoms. The van der Waals surface area contributed by atoms with E-state index < -0.39 is 168 Å². The molecule has 20 atom stereocenters. The quantitative estimate of drug-likeness (QED) is 0.0423. The van der Waals surface area contributed by atoms with Crippen LogP contribution in [0.4, 0.5) is 0 Å². The van der Waals surface area contributed by atoms with Crippen LogP contribution in [0.2, 0.25) is 0 Å². The predicted molar refractivity (Wildman–Crippen MR) is 200 cm³/mol. The first-order valence-corrected chi connectivity index (χ1v) is 20.4. The van der Waals surface area contributed by atoms with E-state index in [2.05, 4.69) is 10.6 Å². The zero-order valence-electron chi connectivity index (χ0n) is 32.3. The summed E-state index contributed by atoms with van der Waals surface area (Å²) in [4.78, 5) is 0. The molecule has 0 aromatic heterocycles. The first-order valence-electron chi connectivity index (χ1n) is 18.9. The molecule has 4 saturated heterocycles. The summed E-state index contributed by atoms with van der Waals surface area (Å²) in [6.07, 6.45) is -29.5. The van der Waals surface area contributed by atoms with Crippen molar-refractivity contribution >= 4 is 29.1 Å². The fourth-order valence-electron chi connectivity index (χ4n) is 6.75. The van der Waals surface area contributed by atoms with Gasteiger partial charge >= 0.3 is 0 Å². The molecule has 0 radical (unpaired) electrons. The summed E-state index contributed by atoms with van der Waals surface area (Å²) in [6, 6.07) is 0. The van der Waals surface area contributed by atoms with Crippen LogP contribution in [-0.4, -0.2) is 264 Å². The topological polar surface area (TPSA) is 381 Å². The average molecular weight is 901 g/mol. The maximum atomic E-state index is 10.7. The second-order valence-electron chi connectivity index (χ2n) is 14.9. The molecule has 24 nitrogen and oxygen atoms in total. The summed E-state index contributed by atoms with van der Waals surface area (Å²) in [5.74, 6) is 0.377. The van der Waals surface area contributed by atoms with Crippen LogP contribution in [0.5, 0.6) is 0 Å². The Morgan fingerprint density at radius 1 is 0.559 bits per heavy atom. The molecule has 4 aliphatic rings. The van der Waals surface area contributed by atoms with Gasteiger partial charge in [0.05, 0.1) is 51.8 Å². The Morgan fingerprint density at radius 2 is 0.932 bits per heavy atom. The van der Waals surface area contributed by atoms with Crippen LogP contribution in [0.1, 0.15) is 6.92 Å². The normalized spacial score (nSPS) is 44.1. The predicted octanol–water partition coefficient (Wildman–Crippen LogP) is -8.90. The molecule has 10 unspecified atom stereocenters. The van der Waals surface area contributed by atoms with Crippen LogP contribution >= 0.6 is 24.0 Å². The van der Waals surface area contributed by atoms with E-state index in [1.165, 1.54) is 18.9 Å². The maximum Gasteiger partial charge on any atom is 0.186 e. The number of hydrogen-bond acceptors (Lipinski definition) is 24. The molecule has 0 amide bonds. The maximum absolute atomic E-state index is 10.7. The first-order chi connectivity index (χ1) is 27.9. The number of ether oxygens (including phenoxy) is 8. The average Bonchev–Trinajstić information content (AvgIpc) is 3.22. The lowest BCUT2D eigenvalue weighted by molar-refractivity contribution is -0.323. The Labute approximate surface area is 348 Å².